The van der Waals surface area contributed by atoms with Gasteiger partial charge in [-0.25, -0.2) is 4.39 Å². The summed E-state index contributed by atoms with van der Waals surface area (Å²) < 4.78 is 19.3. The Morgan fingerprint density at radius 3 is 2.80 bits per heavy atom. The Bertz CT molecular complexity index is 562. The van der Waals surface area contributed by atoms with Crippen LogP contribution in [0.15, 0.2) is 12.1 Å². The van der Waals surface area contributed by atoms with Crippen LogP contribution in [0, 0.1) is 22.9 Å². The lowest BCUT2D eigenvalue weighted by Crippen LogP contribution is -2.39. The van der Waals surface area contributed by atoms with Gasteiger partial charge in [0, 0.05) is 18.7 Å². The number of carbonyl (C=O) groups excluding carboxylic acids is 1. The monoisotopic (exact) mass is 282 g/mol. The molecule has 1 N–H and O–H groups in total. The molecule has 2 unspecified atom stereocenters. The highest BCUT2D eigenvalue weighted by atomic mass is 19.1. The predicted molar refractivity (Wildman–Crippen MR) is 69.1 cm³/mol. The fourth-order valence-electron chi connectivity index (χ4n) is 2.19. The summed E-state index contributed by atoms with van der Waals surface area (Å²) in [5.74, 6) is -1.39. The number of hydrogen-bond acceptors (Lipinski definition) is 4. The number of amides is 1. The lowest BCUT2D eigenvalue weighted by molar-refractivity contribution is -0.385. The minimum Gasteiger partial charge on any atom is -0.376 e. The Balaban J connectivity index is 2.26. The van der Waals surface area contributed by atoms with E-state index in [4.69, 9.17) is 4.74 Å². The van der Waals surface area contributed by atoms with Gasteiger partial charge in [0.15, 0.2) is 0 Å². The second-order valence-corrected chi connectivity index (χ2v) is 4.83. The molecule has 1 saturated heterocycles. The molecule has 1 aromatic rings. The van der Waals surface area contributed by atoms with Crippen molar-refractivity contribution in [2.45, 2.75) is 32.4 Å². The van der Waals surface area contributed by atoms with Gasteiger partial charge in [-0.2, -0.15) is 0 Å². The summed E-state index contributed by atoms with van der Waals surface area (Å²) in [6, 6.07) is 1.85. The third-order valence-electron chi connectivity index (χ3n) is 3.39. The van der Waals surface area contributed by atoms with Crippen LogP contribution < -0.4 is 5.32 Å². The van der Waals surface area contributed by atoms with Crippen molar-refractivity contribution in [2.24, 2.45) is 0 Å². The SMILES string of the molecule is Cc1cc([N+](=O)[O-])cc(C(=O)NC2CCOC2C)c1F. The van der Waals surface area contributed by atoms with Crippen LogP contribution in [0.25, 0.3) is 0 Å². The standard InChI is InChI=1S/C13H15FN2O4/c1-7-5-9(16(18)19)6-10(12(7)14)13(17)15-11-3-4-20-8(11)2/h5-6,8,11H,3-4H2,1-2H3,(H,15,17). The number of ether oxygens (including phenoxy) is 1. The molecule has 6 nitrogen and oxygen atoms in total. The summed E-state index contributed by atoms with van der Waals surface area (Å²) in [6.07, 6.45) is 0.490. The molecular formula is C13H15FN2O4. The molecule has 1 aromatic carbocycles. The number of non-ortho nitro benzene ring substituents is 1. The number of nitrogens with one attached hydrogen (secondary N) is 1. The lowest BCUT2D eigenvalue weighted by Gasteiger charge is -2.16. The fourth-order valence-corrected chi connectivity index (χ4v) is 2.19. The normalized spacial score (nSPS) is 21.8. The van der Waals surface area contributed by atoms with Crippen molar-refractivity contribution in [3.05, 3.63) is 39.2 Å². The van der Waals surface area contributed by atoms with Crippen molar-refractivity contribution in [3.63, 3.8) is 0 Å². The number of nitrogens with zero attached hydrogens (tertiary/aromatic N) is 1. The van der Waals surface area contributed by atoms with Gasteiger partial charge in [0.25, 0.3) is 11.6 Å². The van der Waals surface area contributed by atoms with Crippen LogP contribution in [0.4, 0.5) is 10.1 Å². The maximum absolute atomic E-state index is 14.0. The predicted octanol–water partition coefficient (Wildman–Crippen LogP) is 1.95. The Kier molecular flexibility index (Phi) is 3.99. The summed E-state index contributed by atoms with van der Waals surface area (Å²) in [7, 11) is 0. The van der Waals surface area contributed by atoms with Gasteiger partial charge in [0.05, 0.1) is 22.6 Å². The molecule has 1 aliphatic rings. The Labute approximate surface area is 115 Å². The van der Waals surface area contributed by atoms with Crippen molar-refractivity contribution < 1.29 is 18.8 Å². The van der Waals surface area contributed by atoms with Crippen molar-refractivity contribution in [1.29, 1.82) is 0 Å². The third-order valence-corrected chi connectivity index (χ3v) is 3.39. The van der Waals surface area contributed by atoms with Gasteiger partial charge in [-0.3, -0.25) is 14.9 Å². The van der Waals surface area contributed by atoms with E-state index in [2.05, 4.69) is 5.32 Å². The van der Waals surface area contributed by atoms with E-state index in [1.807, 2.05) is 6.92 Å². The first-order chi connectivity index (χ1) is 9.40. The van der Waals surface area contributed by atoms with Crippen LogP contribution >= 0.6 is 0 Å². The molecule has 2 atom stereocenters. The van der Waals surface area contributed by atoms with E-state index in [-0.39, 0.29) is 29.0 Å². The van der Waals surface area contributed by atoms with E-state index in [9.17, 15) is 19.3 Å². The first-order valence-corrected chi connectivity index (χ1v) is 6.27. The summed E-state index contributed by atoms with van der Waals surface area (Å²) in [6.45, 7) is 3.73. The Hall–Kier alpha value is -2.02. The van der Waals surface area contributed by atoms with Crippen LogP contribution in [0.5, 0.6) is 0 Å². The quantitative estimate of drug-likeness (QED) is 0.678. The number of rotatable bonds is 3. The molecule has 20 heavy (non-hydrogen) atoms. The zero-order chi connectivity index (χ0) is 14.9. The topological polar surface area (TPSA) is 81.5 Å². The van der Waals surface area contributed by atoms with Crippen LogP contribution in [0.3, 0.4) is 0 Å². The largest absolute Gasteiger partial charge is 0.376 e. The van der Waals surface area contributed by atoms with E-state index >= 15 is 0 Å². The van der Waals surface area contributed by atoms with Gasteiger partial charge in [-0.05, 0) is 25.8 Å². The number of nitro groups is 1. The smallest absolute Gasteiger partial charge is 0.270 e. The second-order valence-electron chi connectivity index (χ2n) is 4.83. The van der Waals surface area contributed by atoms with E-state index in [1.54, 1.807) is 0 Å². The number of hydrogen-bond donors (Lipinski definition) is 1. The summed E-state index contributed by atoms with van der Waals surface area (Å²) in [5.41, 5.74) is -0.541. The van der Waals surface area contributed by atoms with Gasteiger partial charge in [0.2, 0.25) is 0 Å². The zero-order valence-electron chi connectivity index (χ0n) is 11.2. The number of benzene rings is 1. The molecule has 0 spiro atoms. The van der Waals surface area contributed by atoms with Crippen LogP contribution in [0.2, 0.25) is 0 Å². The van der Waals surface area contributed by atoms with Gasteiger partial charge in [0.1, 0.15) is 5.82 Å². The summed E-state index contributed by atoms with van der Waals surface area (Å²) in [4.78, 5) is 22.2. The van der Waals surface area contributed by atoms with Crippen LogP contribution in [-0.4, -0.2) is 29.6 Å². The molecule has 0 aliphatic carbocycles. The highest BCUT2D eigenvalue weighted by molar-refractivity contribution is 5.95. The molecule has 0 radical (unpaired) electrons. The van der Waals surface area contributed by atoms with E-state index in [1.165, 1.54) is 6.92 Å². The van der Waals surface area contributed by atoms with Crippen molar-refractivity contribution in [1.82, 2.24) is 5.32 Å². The molecule has 1 aliphatic heterocycles. The first kappa shape index (κ1) is 14.4. The average molecular weight is 282 g/mol. The van der Waals surface area contributed by atoms with Gasteiger partial charge < -0.3 is 10.1 Å². The third kappa shape index (κ3) is 2.77. The summed E-state index contributed by atoms with van der Waals surface area (Å²) >= 11 is 0. The number of nitro benzene ring substituents is 1. The van der Waals surface area contributed by atoms with Crippen LogP contribution in [-0.2, 0) is 4.74 Å². The fraction of sp³-hybridized carbons (Fsp3) is 0.462. The summed E-state index contributed by atoms with van der Waals surface area (Å²) in [5, 5.41) is 13.4. The molecule has 0 aromatic heterocycles. The number of aryl methyl sites for hydroxylation is 1. The molecule has 1 heterocycles. The molecule has 1 fully saturated rings. The molecule has 7 heteroatoms. The van der Waals surface area contributed by atoms with E-state index in [0.29, 0.717) is 13.0 Å². The molecular weight excluding hydrogens is 267 g/mol. The maximum atomic E-state index is 14.0. The highest BCUT2D eigenvalue weighted by Crippen LogP contribution is 2.22. The van der Waals surface area contributed by atoms with Crippen molar-refractivity contribution in [2.75, 3.05) is 6.61 Å². The number of carbonyl (C=O) groups is 1. The average Bonchev–Trinajstić information content (AvgIpc) is 2.77. The van der Waals surface area contributed by atoms with Crippen molar-refractivity contribution >= 4 is 11.6 Å². The van der Waals surface area contributed by atoms with Crippen LogP contribution in [0.1, 0.15) is 29.3 Å². The van der Waals surface area contributed by atoms with Gasteiger partial charge >= 0.3 is 0 Å². The molecule has 0 bridgehead atoms. The van der Waals surface area contributed by atoms with E-state index in [0.717, 1.165) is 12.1 Å². The lowest BCUT2D eigenvalue weighted by atomic mass is 10.1. The Morgan fingerprint density at radius 1 is 1.55 bits per heavy atom. The van der Waals surface area contributed by atoms with Gasteiger partial charge in [-0.15, -0.1) is 0 Å². The highest BCUT2D eigenvalue weighted by Gasteiger charge is 2.28. The van der Waals surface area contributed by atoms with Crippen molar-refractivity contribution in [3.8, 4) is 0 Å². The minimum atomic E-state index is -0.736. The van der Waals surface area contributed by atoms with E-state index < -0.39 is 16.6 Å². The first-order valence-electron chi connectivity index (χ1n) is 6.27. The minimum absolute atomic E-state index is 0.0695. The second kappa shape index (κ2) is 5.54. The molecule has 0 saturated carbocycles. The molecule has 108 valence electrons. The molecule has 2 rings (SSSR count). The van der Waals surface area contributed by atoms with Gasteiger partial charge in [-0.1, -0.05) is 0 Å². The Morgan fingerprint density at radius 2 is 2.25 bits per heavy atom. The number of halogens is 1. The zero-order valence-corrected chi connectivity index (χ0v) is 11.2. The maximum Gasteiger partial charge on any atom is 0.270 e. The molecule has 1 amide bonds.